The Bertz CT molecular complexity index is 1130. The summed E-state index contributed by atoms with van der Waals surface area (Å²) in [5.74, 6) is -1.18. The molecule has 2 aromatic rings. The van der Waals surface area contributed by atoms with Crippen molar-refractivity contribution in [2.45, 2.75) is 102 Å². The van der Waals surface area contributed by atoms with E-state index in [-0.39, 0.29) is 14.9 Å². The Morgan fingerprint density at radius 3 is 1.64 bits per heavy atom. The van der Waals surface area contributed by atoms with Gasteiger partial charge in [0, 0.05) is 12.0 Å². The normalized spacial score (nSPS) is 33.0. The molecule has 4 rings (SSSR count). The highest BCUT2D eigenvalue weighted by Crippen LogP contribution is 2.35. The van der Waals surface area contributed by atoms with Gasteiger partial charge in [-0.3, -0.25) is 0 Å². The average Bonchev–Trinajstić information content (AvgIpc) is 3.27. The van der Waals surface area contributed by atoms with Gasteiger partial charge in [-0.25, -0.2) is 9.59 Å². The van der Waals surface area contributed by atoms with E-state index in [2.05, 4.69) is 0 Å². The van der Waals surface area contributed by atoms with Crippen LogP contribution in [0.15, 0.2) is 60.7 Å². The monoisotopic (exact) mass is 584 g/mol. The second kappa shape index (κ2) is 15.1. The lowest BCUT2D eigenvalue weighted by molar-refractivity contribution is -0.0798. The SMILES string of the molecule is C.C.[B][C@@H]1O[C@H]([C@@H](C)O)[C@@H](O)[C@@]1(C)O.[B][C@@H]1O[C@H]([C@@H](C)OC(=O)c2ccccc2)[C@@H](OC(=O)c2ccccc2)[C@@]1(C)O. The fourth-order valence-corrected chi connectivity index (χ4v) is 4.31. The fraction of sp³-hybridized carbons (Fsp3) is 0.533. The molecule has 2 saturated heterocycles. The number of rotatable bonds is 6. The molecule has 2 aliphatic rings. The number of hydrogen-bond donors (Lipinski definition) is 4. The number of carbonyl (C=O) groups excluding carboxylic acids is 2. The standard InChI is InChI=1S/C21H21BO6.C7H13BO4.2CH4/c1-13(26-18(23)14-9-5-3-6-10-14)16-17(21(2,25)20(22)27-16)28-19(24)15-11-7-4-8-12-15;1-3(9)4-5(10)7(2,11)6(8)12-4;;/h3-13,16-17,20,25H,1-2H3;3-6,9-11H,1-2H3;2*1H4/t13-,16-,17-,20-,21-;3-,4-,5-,6-,7-;;/m11../s1. The molecule has 4 radical (unpaired) electrons. The number of carbonyl (C=O) groups is 2. The number of aliphatic hydroxyl groups excluding tert-OH is 2. The van der Waals surface area contributed by atoms with Crippen LogP contribution in [-0.2, 0) is 18.9 Å². The van der Waals surface area contributed by atoms with E-state index in [4.69, 9.17) is 39.7 Å². The molecule has 2 aromatic carbocycles. The van der Waals surface area contributed by atoms with Gasteiger partial charge in [0.2, 0.25) is 0 Å². The van der Waals surface area contributed by atoms with Crippen molar-refractivity contribution in [3.8, 4) is 0 Å². The summed E-state index contributed by atoms with van der Waals surface area (Å²) in [6, 6.07) is 14.8. The molecule has 0 unspecified atom stereocenters. The smallest absolute Gasteiger partial charge is 0.338 e. The summed E-state index contributed by atoms with van der Waals surface area (Å²) in [6.07, 6.45) is -5.66. The van der Waals surface area contributed by atoms with Gasteiger partial charge in [-0.1, -0.05) is 51.3 Å². The van der Waals surface area contributed by atoms with Crippen LogP contribution in [-0.4, -0.2) is 108 Å². The largest absolute Gasteiger partial charge is 0.456 e. The average molecular weight is 584 g/mol. The maximum atomic E-state index is 12.5. The van der Waals surface area contributed by atoms with E-state index >= 15 is 0 Å². The lowest BCUT2D eigenvalue weighted by Crippen LogP contribution is -2.50. The van der Waals surface area contributed by atoms with Crippen molar-refractivity contribution in [1.82, 2.24) is 0 Å². The van der Waals surface area contributed by atoms with Gasteiger partial charge in [-0.15, -0.1) is 0 Å². The Morgan fingerprint density at radius 2 is 1.24 bits per heavy atom. The first kappa shape index (κ1) is 37.3. The number of hydrogen-bond acceptors (Lipinski definition) is 10. The van der Waals surface area contributed by atoms with Gasteiger partial charge in [0.05, 0.1) is 17.2 Å². The van der Waals surface area contributed by atoms with Crippen LogP contribution in [0.1, 0.15) is 63.3 Å². The molecule has 228 valence electrons. The summed E-state index contributed by atoms with van der Waals surface area (Å²) < 4.78 is 21.6. The first-order chi connectivity index (χ1) is 18.7. The fourth-order valence-electron chi connectivity index (χ4n) is 4.31. The van der Waals surface area contributed by atoms with Crippen molar-refractivity contribution in [2.24, 2.45) is 0 Å². The summed E-state index contributed by atoms with van der Waals surface area (Å²) in [6.45, 7) is 5.88. The molecule has 0 aromatic heterocycles. The molecule has 10 atom stereocenters. The molecule has 2 fully saturated rings. The van der Waals surface area contributed by atoms with E-state index in [9.17, 15) is 24.9 Å². The molecule has 2 heterocycles. The van der Waals surface area contributed by atoms with Gasteiger partial charge in [-0.05, 0) is 52.0 Å². The van der Waals surface area contributed by atoms with E-state index in [1.807, 2.05) is 0 Å². The molecule has 0 bridgehead atoms. The predicted molar refractivity (Wildman–Crippen MR) is 158 cm³/mol. The molecular weight excluding hydrogens is 542 g/mol. The van der Waals surface area contributed by atoms with Gasteiger partial charge >= 0.3 is 11.9 Å². The third kappa shape index (κ3) is 8.21. The maximum Gasteiger partial charge on any atom is 0.338 e. The van der Waals surface area contributed by atoms with Crippen LogP contribution in [0.5, 0.6) is 0 Å². The maximum absolute atomic E-state index is 12.5. The molecule has 0 saturated carbocycles. The molecule has 2 aliphatic heterocycles. The Kier molecular flexibility index (Phi) is 13.4. The van der Waals surface area contributed by atoms with E-state index in [0.29, 0.717) is 11.1 Å². The Morgan fingerprint density at radius 1 is 0.810 bits per heavy atom. The van der Waals surface area contributed by atoms with E-state index in [1.165, 1.54) is 20.8 Å². The quantitative estimate of drug-likeness (QED) is 0.292. The van der Waals surface area contributed by atoms with Crippen molar-refractivity contribution in [3.63, 3.8) is 0 Å². The zero-order valence-electron chi connectivity index (χ0n) is 22.8. The van der Waals surface area contributed by atoms with Gasteiger partial charge in [-0.2, -0.15) is 0 Å². The molecule has 10 nitrogen and oxygen atoms in total. The summed E-state index contributed by atoms with van der Waals surface area (Å²) in [7, 11) is 11.3. The first-order valence-electron chi connectivity index (χ1n) is 12.8. The minimum atomic E-state index is -1.65. The predicted octanol–water partition coefficient (Wildman–Crippen LogP) is 1.75. The molecule has 42 heavy (non-hydrogen) atoms. The zero-order chi connectivity index (χ0) is 29.8. The molecule has 4 N–H and O–H groups in total. The Hall–Kier alpha value is -2.73. The zero-order valence-corrected chi connectivity index (χ0v) is 22.8. The van der Waals surface area contributed by atoms with Gasteiger partial charge in [0.25, 0.3) is 0 Å². The number of esters is 2. The van der Waals surface area contributed by atoms with Crippen LogP contribution in [0.3, 0.4) is 0 Å². The third-order valence-corrected chi connectivity index (χ3v) is 7.03. The lowest BCUT2D eigenvalue weighted by Gasteiger charge is -2.30. The van der Waals surface area contributed by atoms with Crippen LogP contribution in [0.4, 0.5) is 0 Å². The molecule has 0 aliphatic carbocycles. The van der Waals surface area contributed by atoms with Crippen LogP contribution in [0, 0.1) is 0 Å². The van der Waals surface area contributed by atoms with Crippen molar-refractivity contribution in [2.75, 3.05) is 0 Å². The highest BCUT2D eigenvalue weighted by atomic mass is 16.6. The minimum absolute atomic E-state index is 0. The number of aliphatic hydroxyl groups is 4. The minimum Gasteiger partial charge on any atom is -0.456 e. The summed E-state index contributed by atoms with van der Waals surface area (Å²) in [5.41, 5.74) is -2.43. The first-order valence-corrected chi connectivity index (χ1v) is 12.8. The number of ether oxygens (including phenoxy) is 4. The summed E-state index contributed by atoms with van der Waals surface area (Å²) >= 11 is 0. The van der Waals surface area contributed by atoms with Crippen LogP contribution < -0.4 is 0 Å². The second-order valence-corrected chi connectivity index (χ2v) is 10.3. The molecule has 0 spiro atoms. The second-order valence-electron chi connectivity index (χ2n) is 10.3. The van der Waals surface area contributed by atoms with Crippen LogP contribution >= 0.6 is 0 Å². The summed E-state index contributed by atoms with van der Waals surface area (Å²) in [4.78, 5) is 24.8. The van der Waals surface area contributed by atoms with Crippen LogP contribution in [0.2, 0.25) is 0 Å². The van der Waals surface area contributed by atoms with Crippen molar-refractivity contribution >= 4 is 27.6 Å². The van der Waals surface area contributed by atoms with E-state index in [0.717, 1.165) is 0 Å². The van der Waals surface area contributed by atoms with Gasteiger partial charge in [0.15, 0.2) is 6.10 Å². The van der Waals surface area contributed by atoms with Crippen molar-refractivity contribution in [1.29, 1.82) is 0 Å². The van der Waals surface area contributed by atoms with Gasteiger partial charge in [0.1, 0.15) is 51.3 Å². The lowest BCUT2D eigenvalue weighted by atomic mass is 9.81. The van der Waals surface area contributed by atoms with E-state index < -0.39 is 71.8 Å². The van der Waals surface area contributed by atoms with Crippen molar-refractivity contribution < 1.29 is 49.0 Å². The van der Waals surface area contributed by atoms with Crippen LogP contribution in [0.25, 0.3) is 0 Å². The highest BCUT2D eigenvalue weighted by molar-refractivity contribution is 6.12. The molecule has 0 amide bonds. The topological polar surface area (TPSA) is 152 Å². The number of benzene rings is 2. The van der Waals surface area contributed by atoms with Crippen molar-refractivity contribution in [3.05, 3.63) is 71.8 Å². The molecule has 12 heteroatoms. The van der Waals surface area contributed by atoms with E-state index in [1.54, 1.807) is 67.6 Å². The third-order valence-electron chi connectivity index (χ3n) is 7.03. The molecular formula is C30H42B2O10. The highest BCUT2D eigenvalue weighted by Gasteiger charge is 2.55. The Labute approximate surface area is 250 Å². The van der Waals surface area contributed by atoms with Gasteiger partial charge < -0.3 is 39.4 Å². The Balaban J connectivity index is 0.000000534. The summed E-state index contributed by atoms with van der Waals surface area (Å²) in [5, 5.41) is 38.8.